The fourth-order valence-corrected chi connectivity index (χ4v) is 2.31. The molecule has 1 saturated carbocycles. The van der Waals surface area contributed by atoms with Crippen LogP contribution in [0.25, 0.3) is 0 Å². The first-order valence-electron chi connectivity index (χ1n) is 6.75. The van der Waals surface area contributed by atoms with Crippen molar-refractivity contribution in [2.75, 3.05) is 0 Å². The van der Waals surface area contributed by atoms with Gasteiger partial charge in [-0.3, -0.25) is 0 Å². The summed E-state index contributed by atoms with van der Waals surface area (Å²) in [4.78, 5) is 4.50. The summed E-state index contributed by atoms with van der Waals surface area (Å²) in [7, 11) is 0. The normalized spacial score (nSPS) is 19.8. The lowest BCUT2D eigenvalue weighted by molar-refractivity contribution is 0.341. The van der Waals surface area contributed by atoms with Crippen LogP contribution in [0.4, 0.5) is 0 Å². The Morgan fingerprint density at radius 2 is 2.00 bits per heavy atom. The molecule has 1 aromatic heterocycles. The molecule has 0 radical (unpaired) electrons. The number of hydrogen-bond acceptors (Lipinski definition) is 4. The van der Waals surface area contributed by atoms with E-state index < -0.39 is 0 Å². The Kier molecular flexibility index (Phi) is 4.15. The zero-order chi connectivity index (χ0) is 12.3. The lowest BCUT2D eigenvalue weighted by atomic mass is 9.89. The second-order valence-electron chi connectivity index (χ2n) is 5.49. The molecule has 1 unspecified atom stereocenters. The average Bonchev–Trinajstić information content (AvgIpc) is 2.78. The van der Waals surface area contributed by atoms with Crippen LogP contribution in [-0.4, -0.2) is 16.2 Å². The van der Waals surface area contributed by atoms with Gasteiger partial charge in [0.05, 0.1) is 0 Å². The first-order chi connectivity index (χ1) is 8.16. The molecular weight excluding hydrogens is 214 g/mol. The van der Waals surface area contributed by atoms with Crippen molar-refractivity contribution in [1.82, 2.24) is 10.1 Å². The van der Waals surface area contributed by atoms with Crippen LogP contribution in [0.1, 0.15) is 63.6 Å². The number of nitrogens with two attached hydrogens (primary N) is 1. The van der Waals surface area contributed by atoms with E-state index in [9.17, 15) is 0 Å². The molecular formula is C13H23N3O. The van der Waals surface area contributed by atoms with E-state index in [0.29, 0.717) is 24.1 Å². The maximum Gasteiger partial charge on any atom is 0.228 e. The van der Waals surface area contributed by atoms with E-state index in [-0.39, 0.29) is 6.04 Å². The SMILES string of the molecule is CC(C)C(N)Cc1nc(C2CCCCC2)no1. The van der Waals surface area contributed by atoms with Crippen molar-refractivity contribution >= 4 is 0 Å². The standard InChI is InChI=1S/C13H23N3O/c1-9(2)11(14)8-12-15-13(16-17-12)10-6-4-3-5-7-10/h9-11H,3-8,14H2,1-2H3. The predicted octanol–water partition coefficient (Wildman–Crippen LogP) is 2.64. The molecule has 0 aliphatic heterocycles. The molecule has 96 valence electrons. The second-order valence-corrected chi connectivity index (χ2v) is 5.49. The molecule has 0 saturated heterocycles. The van der Waals surface area contributed by atoms with Crippen LogP contribution >= 0.6 is 0 Å². The van der Waals surface area contributed by atoms with Crippen molar-refractivity contribution in [2.24, 2.45) is 11.7 Å². The van der Waals surface area contributed by atoms with E-state index in [0.717, 1.165) is 5.82 Å². The van der Waals surface area contributed by atoms with Gasteiger partial charge in [0, 0.05) is 18.4 Å². The fourth-order valence-electron chi connectivity index (χ4n) is 2.31. The largest absolute Gasteiger partial charge is 0.339 e. The Hall–Kier alpha value is -0.900. The lowest BCUT2D eigenvalue weighted by Crippen LogP contribution is -2.28. The Bertz CT molecular complexity index is 342. The summed E-state index contributed by atoms with van der Waals surface area (Å²) < 4.78 is 5.30. The zero-order valence-electron chi connectivity index (χ0n) is 10.9. The summed E-state index contributed by atoms with van der Waals surface area (Å²) >= 11 is 0. The average molecular weight is 237 g/mol. The number of aromatic nitrogens is 2. The number of rotatable bonds is 4. The fraction of sp³-hybridized carbons (Fsp3) is 0.846. The summed E-state index contributed by atoms with van der Waals surface area (Å²) in [5, 5.41) is 4.11. The van der Waals surface area contributed by atoms with Crippen molar-refractivity contribution < 1.29 is 4.52 Å². The molecule has 17 heavy (non-hydrogen) atoms. The lowest BCUT2D eigenvalue weighted by Gasteiger charge is -2.17. The van der Waals surface area contributed by atoms with Crippen molar-refractivity contribution in [3.8, 4) is 0 Å². The van der Waals surface area contributed by atoms with Gasteiger partial charge in [0.2, 0.25) is 5.89 Å². The molecule has 0 amide bonds. The van der Waals surface area contributed by atoms with Crippen LogP contribution in [0.2, 0.25) is 0 Å². The third-order valence-electron chi connectivity index (χ3n) is 3.72. The first-order valence-corrected chi connectivity index (χ1v) is 6.75. The van der Waals surface area contributed by atoms with Crippen LogP contribution in [0.15, 0.2) is 4.52 Å². The van der Waals surface area contributed by atoms with Crippen molar-refractivity contribution in [2.45, 2.75) is 64.3 Å². The molecule has 1 fully saturated rings. The van der Waals surface area contributed by atoms with Crippen molar-refractivity contribution in [1.29, 1.82) is 0 Å². The summed E-state index contributed by atoms with van der Waals surface area (Å²) in [5.41, 5.74) is 6.01. The van der Waals surface area contributed by atoms with E-state index >= 15 is 0 Å². The van der Waals surface area contributed by atoms with Crippen molar-refractivity contribution in [3.63, 3.8) is 0 Å². The quantitative estimate of drug-likeness (QED) is 0.874. The minimum Gasteiger partial charge on any atom is -0.339 e. The molecule has 1 aromatic rings. The highest BCUT2D eigenvalue weighted by Gasteiger charge is 2.21. The van der Waals surface area contributed by atoms with Gasteiger partial charge in [-0.05, 0) is 18.8 Å². The van der Waals surface area contributed by atoms with Gasteiger partial charge in [-0.25, -0.2) is 0 Å². The minimum atomic E-state index is 0.106. The monoisotopic (exact) mass is 237 g/mol. The van der Waals surface area contributed by atoms with E-state index in [1.54, 1.807) is 0 Å². The molecule has 2 N–H and O–H groups in total. The Morgan fingerprint density at radius 3 is 2.65 bits per heavy atom. The predicted molar refractivity (Wildman–Crippen MR) is 66.6 cm³/mol. The summed E-state index contributed by atoms with van der Waals surface area (Å²) in [6, 6.07) is 0.106. The molecule has 1 heterocycles. The third kappa shape index (κ3) is 3.28. The summed E-state index contributed by atoms with van der Waals surface area (Å²) in [6.07, 6.45) is 7.03. The maximum atomic E-state index is 6.01. The highest BCUT2D eigenvalue weighted by atomic mass is 16.5. The molecule has 1 aliphatic carbocycles. The molecule has 4 heteroatoms. The number of nitrogens with zero attached hydrogens (tertiary/aromatic N) is 2. The minimum absolute atomic E-state index is 0.106. The van der Waals surface area contributed by atoms with Crippen LogP contribution in [0.3, 0.4) is 0 Å². The van der Waals surface area contributed by atoms with E-state index in [1.165, 1.54) is 32.1 Å². The van der Waals surface area contributed by atoms with Gasteiger partial charge < -0.3 is 10.3 Å². The highest BCUT2D eigenvalue weighted by molar-refractivity contribution is 4.98. The summed E-state index contributed by atoms with van der Waals surface area (Å²) in [5.74, 6) is 2.55. The van der Waals surface area contributed by atoms with Gasteiger partial charge in [0.1, 0.15) is 0 Å². The van der Waals surface area contributed by atoms with Gasteiger partial charge in [0.15, 0.2) is 5.82 Å². The third-order valence-corrected chi connectivity index (χ3v) is 3.72. The zero-order valence-corrected chi connectivity index (χ0v) is 10.9. The Morgan fingerprint density at radius 1 is 1.29 bits per heavy atom. The van der Waals surface area contributed by atoms with Crippen LogP contribution < -0.4 is 5.73 Å². The molecule has 0 aromatic carbocycles. The van der Waals surface area contributed by atoms with E-state index in [1.807, 2.05) is 0 Å². The van der Waals surface area contributed by atoms with Gasteiger partial charge in [-0.1, -0.05) is 38.3 Å². The first kappa shape index (κ1) is 12.6. The molecule has 2 rings (SSSR count). The van der Waals surface area contributed by atoms with Gasteiger partial charge >= 0.3 is 0 Å². The summed E-state index contributed by atoms with van der Waals surface area (Å²) in [6.45, 7) is 4.23. The molecule has 0 spiro atoms. The van der Waals surface area contributed by atoms with Crippen LogP contribution in [-0.2, 0) is 6.42 Å². The smallest absolute Gasteiger partial charge is 0.228 e. The Balaban J connectivity index is 1.95. The van der Waals surface area contributed by atoms with Gasteiger partial charge in [-0.2, -0.15) is 4.98 Å². The molecule has 1 atom stereocenters. The molecule has 1 aliphatic rings. The molecule has 4 nitrogen and oxygen atoms in total. The van der Waals surface area contributed by atoms with E-state index in [2.05, 4.69) is 24.0 Å². The van der Waals surface area contributed by atoms with Crippen molar-refractivity contribution in [3.05, 3.63) is 11.7 Å². The van der Waals surface area contributed by atoms with Gasteiger partial charge in [0.25, 0.3) is 0 Å². The maximum absolute atomic E-state index is 6.01. The second kappa shape index (κ2) is 5.63. The topological polar surface area (TPSA) is 64.9 Å². The Labute approximate surface area is 103 Å². The van der Waals surface area contributed by atoms with E-state index in [4.69, 9.17) is 10.3 Å². The van der Waals surface area contributed by atoms with Crippen LogP contribution in [0, 0.1) is 5.92 Å². The van der Waals surface area contributed by atoms with Gasteiger partial charge in [-0.15, -0.1) is 0 Å². The number of hydrogen-bond donors (Lipinski definition) is 1. The van der Waals surface area contributed by atoms with Crippen LogP contribution in [0.5, 0.6) is 0 Å². The highest BCUT2D eigenvalue weighted by Crippen LogP contribution is 2.30. The molecule has 0 bridgehead atoms.